The molecule has 0 radical (unpaired) electrons. The van der Waals surface area contributed by atoms with Crippen molar-refractivity contribution in [2.45, 2.75) is 233 Å². The highest BCUT2D eigenvalue weighted by Crippen LogP contribution is 2.15. The van der Waals surface area contributed by atoms with Gasteiger partial charge in [-0.3, -0.25) is 9.59 Å². The van der Waals surface area contributed by atoms with Crippen molar-refractivity contribution in [1.29, 1.82) is 0 Å². The lowest BCUT2D eigenvalue weighted by molar-refractivity contribution is -0.122. The largest absolute Gasteiger partial charge is 0.356 e. The van der Waals surface area contributed by atoms with Crippen LogP contribution in [0.1, 0.15) is 227 Å². The predicted molar refractivity (Wildman–Crippen MR) is 213 cm³/mol. The molecule has 282 valence electrons. The second kappa shape index (κ2) is 38.2. The number of rotatable bonds is 37. The molecule has 0 heterocycles. The summed E-state index contributed by atoms with van der Waals surface area (Å²) in [6.45, 7) is 9.68. The van der Waals surface area contributed by atoms with Gasteiger partial charge in [0.25, 0.3) is 0 Å². The zero-order valence-corrected chi connectivity index (χ0v) is 32.9. The van der Waals surface area contributed by atoms with E-state index in [1.165, 1.54) is 141 Å². The minimum absolute atomic E-state index is 0.192. The van der Waals surface area contributed by atoms with E-state index in [4.69, 9.17) is 0 Å². The van der Waals surface area contributed by atoms with Crippen LogP contribution in [-0.2, 0) is 9.59 Å². The molecule has 0 fully saturated rings. The average molecular weight is 673 g/mol. The van der Waals surface area contributed by atoms with Crippen LogP contribution >= 0.6 is 0 Å². The Hall–Kier alpha value is -1.58. The highest BCUT2D eigenvalue weighted by Gasteiger charge is 2.15. The number of carbonyl (C=O) groups is 2. The van der Waals surface area contributed by atoms with E-state index >= 15 is 0 Å². The maximum absolute atomic E-state index is 12.6. The van der Waals surface area contributed by atoms with Crippen LogP contribution in [0.2, 0.25) is 0 Å². The fourth-order valence-electron chi connectivity index (χ4n) is 6.41. The van der Waals surface area contributed by atoms with Crippen LogP contribution in [0.25, 0.3) is 0 Å². The van der Waals surface area contributed by atoms with Crippen molar-refractivity contribution in [3.63, 3.8) is 0 Å². The standard InChI is InChI=1S/C44H84N2O2/c1-5-7-9-11-13-15-17-19-21-23-25-27-29-31-33-38-43(47)45-40-36-35-37-42(41(3)4)46-44(48)39-34-32-30-28-26-24-22-20-18-16-14-12-10-8-6-2/h13,15,19,21,41-42H,5-12,14,16-18,20,22-40H2,1-4H3,(H,45,47)(H,46,48)/b15-13-,21-19-/t42-/m0/s1. The van der Waals surface area contributed by atoms with Crippen LogP contribution in [-0.4, -0.2) is 24.4 Å². The Morgan fingerprint density at radius 2 is 0.896 bits per heavy atom. The first-order valence-electron chi connectivity index (χ1n) is 21.4. The van der Waals surface area contributed by atoms with E-state index in [1.54, 1.807) is 0 Å². The number of hydrogen-bond donors (Lipinski definition) is 2. The van der Waals surface area contributed by atoms with Crippen molar-refractivity contribution in [3.05, 3.63) is 24.3 Å². The molecular formula is C44H84N2O2. The van der Waals surface area contributed by atoms with Gasteiger partial charge in [-0.25, -0.2) is 0 Å². The molecule has 0 aliphatic rings. The number of nitrogens with one attached hydrogen (secondary N) is 2. The smallest absolute Gasteiger partial charge is 0.220 e. The average Bonchev–Trinajstić information content (AvgIpc) is 3.07. The minimum Gasteiger partial charge on any atom is -0.356 e. The van der Waals surface area contributed by atoms with Gasteiger partial charge in [0.2, 0.25) is 11.8 Å². The van der Waals surface area contributed by atoms with E-state index < -0.39 is 0 Å². The minimum atomic E-state index is 0.192. The highest BCUT2D eigenvalue weighted by atomic mass is 16.2. The molecular weight excluding hydrogens is 588 g/mol. The van der Waals surface area contributed by atoms with Gasteiger partial charge in [0.1, 0.15) is 0 Å². The van der Waals surface area contributed by atoms with Crippen molar-refractivity contribution in [1.82, 2.24) is 10.6 Å². The Balaban J connectivity index is 3.63. The van der Waals surface area contributed by atoms with Crippen molar-refractivity contribution in [2.75, 3.05) is 6.54 Å². The molecule has 0 aromatic rings. The molecule has 0 bridgehead atoms. The molecule has 0 aromatic carbocycles. The fraction of sp³-hybridized carbons (Fsp3) is 0.864. The van der Waals surface area contributed by atoms with Gasteiger partial charge < -0.3 is 10.6 Å². The van der Waals surface area contributed by atoms with Crippen LogP contribution in [0.15, 0.2) is 24.3 Å². The van der Waals surface area contributed by atoms with E-state index in [0.29, 0.717) is 18.8 Å². The summed E-state index contributed by atoms with van der Waals surface area (Å²) in [6, 6.07) is 0.234. The first-order chi connectivity index (χ1) is 23.5. The lowest BCUT2D eigenvalue weighted by atomic mass is 9.98. The summed E-state index contributed by atoms with van der Waals surface area (Å²) in [7, 11) is 0. The molecule has 0 aliphatic carbocycles. The monoisotopic (exact) mass is 673 g/mol. The van der Waals surface area contributed by atoms with Gasteiger partial charge in [-0.15, -0.1) is 0 Å². The molecule has 0 saturated heterocycles. The Bertz CT molecular complexity index is 744. The van der Waals surface area contributed by atoms with E-state index in [0.717, 1.165) is 51.5 Å². The van der Waals surface area contributed by atoms with Crippen molar-refractivity contribution in [2.24, 2.45) is 5.92 Å². The third kappa shape index (κ3) is 35.7. The third-order valence-electron chi connectivity index (χ3n) is 9.78. The normalized spacial score (nSPS) is 12.4. The summed E-state index contributed by atoms with van der Waals surface area (Å²) in [5.74, 6) is 0.842. The van der Waals surface area contributed by atoms with Crippen molar-refractivity contribution >= 4 is 11.8 Å². The Labute approximate surface area is 300 Å². The summed E-state index contributed by atoms with van der Waals surface area (Å²) in [6.07, 6.45) is 47.0. The van der Waals surface area contributed by atoms with Crippen LogP contribution in [0, 0.1) is 5.92 Å². The van der Waals surface area contributed by atoms with Crippen LogP contribution in [0.4, 0.5) is 0 Å². The molecule has 0 spiro atoms. The van der Waals surface area contributed by atoms with E-state index in [9.17, 15) is 9.59 Å². The van der Waals surface area contributed by atoms with E-state index in [1.807, 2.05) is 0 Å². The molecule has 0 aromatic heterocycles. The number of amides is 2. The molecule has 0 rings (SSSR count). The quantitative estimate of drug-likeness (QED) is 0.0510. The molecule has 4 nitrogen and oxygen atoms in total. The number of hydrogen-bond acceptors (Lipinski definition) is 2. The molecule has 2 N–H and O–H groups in total. The van der Waals surface area contributed by atoms with Crippen LogP contribution < -0.4 is 10.6 Å². The lowest BCUT2D eigenvalue weighted by Gasteiger charge is -2.22. The van der Waals surface area contributed by atoms with Crippen LogP contribution in [0.5, 0.6) is 0 Å². The second-order valence-electron chi connectivity index (χ2n) is 14.9. The molecule has 1 atom stereocenters. The molecule has 0 saturated carbocycles. The van der Waals surface area contributed by atoms with Gasteiger partial charge >= 0.3 is 0 Å². The van der Waals surface area contributed by atoms with Crippen molar-refractivity contribution in [3.8, 4) is 0 Å². The summed E-state index contributed by atoms with van der Waals surface area (Å²) >= 11 is 0. The summed E-state index contributed by atoms with van der Waals surface area (Å²) in [5.41, 5.74) is 0. The van der Waals surface area contributed by atoms with Gasteiger partial charge in [-0.2, -0.15) is 0 Å². The first-order valence-corrected chi connectivity index (χ1v) is 21.4. The number of allylic oxidation sites excluding steroid dienone is 4. The van der Waals surface area contributed by atoms with Gasteiger partial charge in [0.05, 0.1) is 0 Å². The van der Waals surface area contributed by atoms with Gasteiger partial charge in [-0.05, 0) is 70.1 Å². The molecule has 0 aliphatic heterocycles. The number of carbonyl (C=O) groups excluding carboxylic acids is 2. The summed E-state index contributed by atoms with van der Waals surface area (Å²) in [4.78, 5) is 24.8. The molecule has 48 heavy (non-hydrogen) atoms. The van der Waals surface area contributed by atoms with Gasteiger partial charge in [0.15, 0.2) is 0 Å². The van der Waals surface area contributed by atoms with E-state index in [-0.39, 0.29) is 17.9 Å². The first kappa shape index (κ1) is 46.4. The highest BCUT2D eigenvalue weighted by molar-refractivity contribution is 5.76. The summed E-state index contributed by atoms with van der Waals surface area (Å²) < 4.78 is 0. The van der Waals surface area contributed by atoms with E-state index in [2.05, 4.69) is 62.6 Å². The lowest BCUT2D eigenvalue weighted by Crippen LogP contribution is -2.38. The summed E-state index contributed by atoms with van der Waals surface area (Å²) in [5, 5.41) is 6.41. The molecule has 4 heteroatoms. The number of unbranched alkanes of at least 4 members (excludes halogenated alkanes) is 23. The Morgan fingerprint density at radius 3 is 1.40 bits per heavy atom. The third-order valence-corrected chi connectivity index (χ3v) is 9.78. The Kier molecular flexibility index (Phi) is 37.0. The maximum atomic E-state index is 12.6. The maximum Gasteiger partial charge on any atom is 0.220 e. The van der Waals surface area contributed by atoms with Crippen molar-refractivity contribution < 1.29 is 9.59 Å². The zero-order chi connectivity index (χ0) is 35.2. The Morgan fingerprint density at radius 1 is 0.479 bits per heavy atom. The zero-order valence-electron chi connectivity index (χ0n) is 32.9. The van der Waals surface area contributed by atoms with Crippen LogP contribution in [0.3, 0.4) is 0 Å². The topological polar surface area (TPSA) is 58.2 Å². The molecule has 2 amide bonds. The van der Waals surface area contributed by atoms with Gasteiger partial charge in [-0.1, -0.05) is 174 Å². The van der Waals surface area contributed by atoms with Gasteiger partial charge in [0, 0.05) is 25.4 Å². The fourth-order valence-corrected chi connectivity index (χ4v) is 6.41. The second-order valence-corrected chi connectivity index (χ2v) is 14.9. The SMILES string of the molecule is CCCCC/C=C\C/C=C\CCCCCCCC(=O)NCCCC[C@H](NC(=O)CCCCCCCCCCCCCCCCC)C(C)C. The predicted octanol–water partition coefficient (Wildman–Crippen LogP) is 13.5. The molecule has 0 unspecified atom stereocenters.